The Labute approximate surface area is 131 Å². The van der Waals surface area contributed by atoms with Gasteiger partial charge in [-0.2, -0.15) is 26.3 Å². The first-order valence-electron chi connectivity index (χ1n) is 4.68. The van der Waals surface area contributed by atoms with Crippen LogP contribution in [0.2, 0.25) is 0 Å². The summed E-state index contributed by atoms with van der Waals surface area (Å²) in [5.41, 5.74) is -4.07. The molecule has 104 valence electrons. The Morgan fingerprint density at radius 1 is 0.950 bits per heavy atom. The van der Waals surface area contributed by atoms with Crippen LogP contribution in [0.5, 0.6) is 0 Å². The van der Waals surface area contributed by atoms with Gasteiger partial charge < -0.3 is 5.11 Å². The van der Waals surface area contributed by atoms with Crippen LogP contribution in [0.15, 0.2) is 30.5 Å². The first-order valence-corrected chi connectivity index (χ1v) is 4.68. The molecule has 2 nitrogen and oxygen atoms in total. The molecule has 0 spiro atoms. The van der Waals surface area contributed by atoms with Crippen molar-refractivity contribution in [1.29, 1.82) is 0 Å². The third kappa shape index (κ3) is 4.84. The first kappa shape index (κ1) is 19.0. The number of benzene rings is 1. The molecular formula is C11H5F6NaO2. The summed E-state index contributed by atoms with van der Waals surface area (Å²) < 4.78 is 74.6. The van der Waals surface area contributed by atoms with Crippen LogP contribution in [0.25, 0.3) is 0 Å². The van der Waals surface area contributed by atoms with Crippen LogP contribution in [0.1, 0.15) is 21.5 Å². The molecule has 0 unspecified atom stereocenters. The van der Waals surface area contributed by atoms with Crippen molar-refractivity contribution in [2.75, 3.05) is 0 Å². The van der Waals surface area contributed by atoms with Gasteiger partial charge >= 0.3 is 41.9 Å². The molecule has 0 heterocycles. The SMILES string of the molecule is O=C(C=C[O-])c1cc(C(F)(F)F)cc(C(F)(F)F)c1.[Na+]. The van der Waals surface area contributed by atoms with Gasteiger partial charge in [0.1, 0.15) is 0 Å². The number of carbonyl (C=O) groups is 1. The smallest absolute Gasteiger partial charge is 0.878 e. The normalized spacial score (nSPS) is 12.3. The second-order valence-electron chi connectivity index (χ2n) is 3.46. The number of ketones is 1. The predicted octanol–water partition coefficient (Wildman–Crippen LogP) is -0.215. The van der Waals surface area contributed by atoms with Crippen LogP contribution in [-0.4, -0.2) is 5.78 Å². The van der Waals surface area contributed by atoms with Gasteiger partial charge in [-0.25, -0.2) is 0 Å². The summed E-state index contributed by atoms with van der Waals surface area (Å²) in [4.78, 5) is 11.2. The van der Waals surface area contributed by atoms with Crippen molar-refractivity contribution >= 4 is 5.78 Å². The average Bonchev–Trinajstić information content (AvgIpc) is 2.26. The number of hydrogen-bond donors (Lipinski definition) is 0. The van der Waals surface area contributed by atoms with E-state index in [0.29, 0.717) is 6.08 Å². The molecule has 0 aliphatic heterocycles. The molecule has 1 aromatic carbocycles. The van der Waals surface area contributed by atoms with E-state index in [-0.39, 0.29) is 54.0 Å². The molecule has 0 aromatic heterocycles. The molecule has 0 saturated heterocycles. The second kappa shape index (κ2) is 6.64. The van der Waals surface area contributed by atoms with Gasteiger partial charge in [-0.1, -0.05) is 0 Å². The molecule has 0 saturated carbocycles. The minimum absolute atomic E-state index is 0. The number of halogens is 6. The molecule has 0 N–H and O–H groups in total. The summed E-state index contributed by atoms with van der Waals surface area (Å²) >= 11 is 0. The van der Waals surface area contributed by atoms with Gasteiger partial charge in [-0.15, -0.1) is 6.26 Å². The van der Waals surface area contributed by atoms with E-state index in [9.17, 15) is 36.2 Å². The molecule has 1 aromatic rings. The standard InChI is InChI=1S/C11H6F6O2.Na/c12-10(13,14)7-3-6(9(19)1-2-18)4-8(5-7)11(15,16)17;/h1-5,18H;/q;+1/p-1. The topological polar surface area (TPSA) is 40.1 Å². The van der Waals surface area contributed by atoms with Crippen molar-refractivity contribution in [1.82, 2.24) is 0 Å². The minimum atomic E-state index is -5.03. The summed E-state index contributed by atoms with van der Waals surface area (Å²) in [6.07, 6.45) is -9.74. The van der Waals surface area contributed by atoms with Crippen LogP contribution in [0.4, 0.5) is 26.3 Å². The van der Waals surface area contributed by atoms with Crippen molar-refractivity contribution in [3.63, 3.8) is 0 Å². The van der Waals surface area contributed by atoms with Gasteiger partial charge in [0.25, 0.3) is 0 Å². The zero-order chi connectivity index (χ0) is 14.8. The largest absolute Gasteiger partial charge is 1.00 e. The van der Waals surface area contributed by atoms with Gasteiger partial charge in [0.2, 0.25) is 0 Å². The summed E-state index contributed by atoms with van der Waals surface area (Å²) in [7, 11) is 0. The molecule has 1 rings (SSSR count). The molecule has 0 amide bonds. The third-order valence-electron chi connectivity index (χ3n) is 2.09. The van der Waals surface area contributed by atoms with Crippen LogP contribution < -0.4 is 34.7 Å². The molecule has 0 fully saturated rings. The first-order chi connectivity index (χ1) is 8.55. The Balaban J connectivity index is 0.00000361. The molecule has 0 radical (unpaired) electrons. The zero-order valence-corrected chi connectivity index (χ0v) is 12.0. The minimum Gasteiger partial charge on any atom is -0.878 e. The van der Waals surface area contributed by atoms with E-state index in [2.05, 4.69) is 0 Å². The van der Waals surface area contributed by atoms with E-state index in [4.69, 9.17) is 0 Å². The average molecular weight is 306 g/mol. The van der Waals surface area contributed by atoms with E-state index in [0.717, 1.165) is 0 Å². The number of rotatable bonds is 2. The predicted molar refractivity (Wildman–Crippen MR) is 49.9 cm³/mol. The van der Waals surface area contributed by atoms with E-state index in [1.807, 2.05) is 0 Å². The van der Waals surface area contributed by atoms with E-state index in [1.165, 1.54) is 0 Å². The van der Waals surface area contributed by atoms with Gasteiger partial charge in [0, 0.05) is 5.56 Å². The van der Waals surface area contributed by atoms with Crippen molar-refractivity contribution in [2.45, 2.75) is 12.4 Å². The Kier molecular flexibility index (Phi) is 6.31. The summed E-state index contributed by atoms with van der Waals surface area (Å²) in [5, 5.41) is 10.0. The Morgan fingerprint density at radius 3 is 1.65 bits per heavy atom. The maximum atomic E-state index is 12.4. The van der Waals surface area contributed by atoms with E-state index >= 15 is 0 Å². The van der Waals surface area contributed by atoms with Crippen molar-refractivity contribution in [2.24, 2.45) is 0 Å². The zero-order valence-electron chi connectivity index (χ0n) is 9.97. The van der Waals surface area contributed by atoms with Gasteiger partial charge in [0.05, 0.1) is 11.1 Å². The molecular weight excluding hydrogens is 301 g/mol. The monoisotopic (exact) mass is 306 g/mol. The Hall–Kier alpha value is -0.990. The molecule has 0 bridgehead atoms. The van der Waals surface area contributed by atoms with Gasteiger partial charge in [0.15, 0.2) is 5.78 Å². The molecule has 9 heteroatoms. The summed E-state index contributed by atoms with van der Waals surface area (Å²) in [6.45, 7) is 0. The van der Waals surface area contributed by atoms with E-state index < -0.39 is 34.8 Å². The summed E-state index contributed by atoms with van der Waals surface area (Å²) in [5.74, 6) is -1.23. The number of allylic oxidation sites excluding steroid dienone is 1. The maximum Gasteiger partial charge on any atom is 1.00 e. The molecule has 0 atom stereocenters. The number of carbonyl (C=O) groups excluding carboxylic acids is 1. The number of alkyl halides is 6. The quantitative estimate of drug-likeness (QED) is 0.249. The molecule has 0 aliphatic carbocycles. The van der Waals surface area contributed by atoms with E-state index in [1.54, 1.807) is 0 Å². The maximum absolute atomic E-state index is 12.4. The van der Waals surface area contributed by atoms with Crippen molar-refractivity contribution in [3.05, 3.63) is 47.2 Å². The fraction of sp³-hybridized carbons (Fsp3) is 0.182. The molecule has 0 aliphatic rings. The van der Waals surface area contributed by atoms with Crippen LogP contribution >= 0.6 is 0 Å². The van der Waals surface area contributed by atoms with Crippen molar-refractivity contribution < 1.29 is 65.8 Å². The Bertz CT molecular complexity index is 486. The van der Waals surface area contributed by atoms with Crippen LogP contribution in [0, 0.1) is 0 Å². The van der Waals surface area contributed by atoms with Crippen LogP contribution in [0.3, 0.4) is 0 Å². The second-order valence-corrected chi connectivity index (χ2v) is 3.46. The van der Waals surface area contributed by atoms with Gasteiger partial charge in [-0.3, -0.25) is 4.79 Å². The Morgan fingerprint density at radius 2 is 1.35 bits per heavy atom. The fourth-order valence-electron chi connectivity index (χ4n) is 1.26. The summed E-state index contributed by atoms with van der Waals surface area (Å²) in [6, 6.07) is 0.423. The third-order valence-corrected chi connectivity index (χ3v) is 2.09. The fourth-order valence-corrected chi connectivity index (χ4v) is 1.26. The van der Waals surface area contributed by atoms with Gasteiger partial charge in [-0.05, 0) is 24.3 Å². The number of hydrogen-bond acceptors (Lipinski definition) is 2. The van der Waals surface area contributed by atoms with Crippen molar-refractivity contribution in [3.8, 4) is 0 Å². The molecule has 20 heavy (non-hydrogen) atoms. The van der Waals surface area contributed by atoms with Crippen LogP contribution in [-0.2, 0) is 12.4 Å².